The summed E-state index contributed by atoms with van der Waals surface area (Å²) in [6.45, 7) is 20.0. The van der Waals surface area contributed by atoms with Crippen LogP contribution in [0.15, 0.2) is 147 Å². The third-order valence-corrected chi connectivity index (χ3v) is 8.41. The van der Waals surface area contributed by atoms with Crippen LogP contribution in [0.5, 0.6) is 0 Å². The van der Waals surface area contributed by atoms with E-state index in [9.17, 15) is 0 Å². The molecular formula is C46H45N3. The van der Waals surface area contributed by atoms with E-state index in [2.05, 4.69) is 134 Å². The molecule has 2 aromatic heterocycles. The fourth-order valence-corrected chi connectivity index (χ4v) is 6.03. The summed E-state index contributed by atoms with van der Waals surface area (Å²) in [6.07, 6.45) is 15.9. The average molecular weight is 640 g/mol. The molecule has 0 aliphatic carbocycles. The summed E-state index contributed by atoms with van der Waals surface area (Å²) in [5.41, 5.74) is 12.8. The van der Waals surface area contributed by atoms with Crippen molar-refractivity contribution in [1.82, 2.24) is 14.5 Å². The minimum atomic E-state index is 0.685. The summed E-state index contributed by atoms with van der Waals surface area (Å²) in [7, 11) is 0. The summed E-state index contributed by atoms with van der Waals surface area (Å²) < 4.78 is 2.36. The Balaban J connectivity index is 0.00000230. The van der Waals surface area contributed by atoms with Crippen molar-refractivity contribution in [1.29, 1.82) is 0 Å². The largest absolute Gasteiger partial charge is 0.309 e. The second kappa shape index (κ2) is 15.9. The number of aromatic nitrogens is 3. The molecule has 6 aromatic rings. The lowest BCUT2D eigenvalue weighted by molar-refractivity contribution is 1.10. The fourth-order valence-electron chi connectivity index (χ4n) is 6.03. The van der Waals surface area contributed by atoms with Gasteiger partial charge in [-0.15, -0.1) is 0 Å². The molecule has 0 aliphatic heterocycles. The highest BCUT2D eigenvalue weighted by molar-refractivity contribution is 6.11. The molecular weight excluding hydrogens is 595 g/mol. The van der Waals surface area contributed by atoms with Crippen LogP contribution < -0.4 is 0 Å². The third kappa shape index (κ3) is 7.22. The zero-order chi connectivity index (χ0) is 34.9. The first-order chi connectivity index (χ1) is 24.0. The minimum Gasteiger partial charge on any atom is -0.309 e. The van der Waals surface area contributed by atoms with Gasteiger partial charge in [0.25, 0.3) is 0 Å². The topological polar surface area (TPSA) is 30.7 Å². The van der Waals surface area contributed by atoms with Gasteiger partial charge in [-0.1, -0.05) is 130 Å². The van der Waals surface area contributed by atoms with Gasteiger partial charge in [-0.25, -0.2) is 9.97 Å². The van der Waals surface area contributed by atoms with Gasteiger partial charge < -0.3 is 4.57 Å². The van der Waals surface area contributed by atoms with Gasteiger partial charge in [0.05, 0.1) is 22.4 Å². The first-order valence-corrected chi connectivity index (χ1v) is 17.0. The van der Waals surface area contributed by atoms with E-state index in [0.717, 1.165) is 50.4 Å². The van der Waals surface area contributed by atoms with Crippen LogP contribution in [0.4, 0.5) is 0 Å². The highest BCUT2D eigenvalue weighted by atomic mass is 15.0. The van der Waals surface area contributed by atoms with Gasteiger partial charge in [-0.3, -0.25) is 0 Å². The van der Waals surface area contributed by atoms with E-state index >= 15 is 0 Å². The van der Waals surface area contributed by atoms with Crippen molar-refractivity contribution < 1.29 is 0 Å². The Labute approximate surface area is 291 Å². The maximum atomic E-state index is 5.12. The van der Waals surface area contributed by atoms with E-state index in [0.29, 0.717) is 5.82 Å². The zero-order valence-corrected chi connectivity index (χ0v) is 29.5. The van der Waals surface area contributed by atoms with Crippen LogP contribution >= 0.6 is 0 Å². The molecule has 4 aromatic carbocycles. The average Bonchev–Trinajstić information content (AvgIpc) is 3.47. The Bertz CT molecular complexity index is 2240. The summed E-state index contributed by atoms with van der Waals surface area (Å²) >= 11 is 0. The van der Waals surface area contributed by atoms with Gasteiger partial charge in [0.2, 0.25) is 0 Å². The van der Waals surface area contributed by atoms with Crippen molar-refractivity contribution >= 4 is 39.0 Å². The van der Waals surface area contributed by atoms with Crippen LogP contribution in [0.25, 0.3) is 67.1 Å². The van der Waals surface area contributed by atoms with Crippen molar-refractivity contribution in [3.05, 3.63) is 169 Å². The molecule has 244 valence electrons. The summed E-state index contributed by atoms with van der Waals surface area (Å²) in [4.78, 5) is 10.1. The van der Waals surface area contributed by atoms with Crippen LogP contribution in [0, 0.1) is 6.92 Å². The number of benzene rings is 4. The number of aryl methyl sites for hydroxylation is 1. The Hall–Kier alpha value is -5.80. The minimum absolute atomic E-state index is 0.685. The second-order valence-corrected chi connectivity index (χ2v) is 11.5. The molecule has 0 bridgehead atoms. The van der Waals surface area contributed by atoms with Crippen LogP contribution in [0.3, 0.4) is 0 Å². The van der Waals surface area contributed by atoms with Gasteiger partial charge >= 0.3 is 0 Å². The molecule has 49 heavy (non-hydrogen) atoms. The molecule has 3 heteroatoms. The standard InChI is InChI=1S/C44H39N3.C2H6/c1-7-12-32(11-5)44-45-40(34(13-8-2)14-9-3)29-41(46-44)36-22-26-43-39(28-36)38-27-35(33-19-17-31(10-4)18-20-33)21-25-42(38)47(43)37-23-15-30(6)16-24-37;1-2/h7-29H,2,4H2,1,3,5-6H3;1-2H3/b12-7-,14-9-,32-11+,34-13+;. The van der Waals surface area contributed by atoms with Gasteiger partial charge in [0.1, 0.15) is 0 Å². The third-order valence-electron chi connectivity index (χ3n) is 8.41. The van der Waals surface area contributed by atoms with Crippen molar-refractivity contribution in [3.8, 4) is 28.1 Å². The summed E-state index contributed by atoms with van der Waals surface area (Å²) in [5.74, 6) is 0.685. The van der Waals surface area contributed by atoms with Gasteiger partial charge in [-0.2, -0.15) is 0 Å². The number of allylic oxidation sites excluding steroid dienone is 9. The Morgan fingerprint density at radius 1 is 0.653 bits per heavy atom. The van der Waals surface area contributed by atoms with Crippen LogP contribution in [-0.4, -0.2) is 14.5 Å². The van der Waals surface area contributed by atoms with Gasteiger partial charge in [0.15, 0.2) is 5.82 Å². The van der Waals surface area contributed by atoms with E-state index in [1.54, 1.807) is 6.08 Å². The van der Waals surface area contributed by atoms with Gasteiger partial charge in [-0.05, 0) is 92.4 Å². The van der Waals surface area contributed by atoms with E-state index in [1.807, 2.05) is 58.9 Å². The smallest absolute Gasteiger partial charge is 0.160 e. The predicted molar refractivity (Wildman–Crippen MR) is 215 cm³/mol. The monoisotopic (exact) mass is 639 g/mol. The molecule has 0 radical (unpaired) electrons. The maximum Gasteiger partial charge on any atom is 0.160 e. The number of hydrogen-bond donors (Lipinski definition) is 0. The van der Waals surface area contributed by atoms with Crippen LogP contribution in [0.1, 0.15) is 57.3 Å². The normalized spacial score (nSPS) is 12.1. The highest BCUT2D eigenvalue weighted by Crippen LogP contribution is 2.37. The molecule has 6 rings (SSSR count). The quantitative estimate of drug-likeness (QED) is 0.147. The van der Waals surface area contributed by atoms with E-state index in [1.165, 1.54) is 27.5 Å². The lowest BCUT2D eigenvalue weighted by Gasteiger charge is -2.11. The Kier molecular flexibility index (Phi) is 11.2. The van der Waals surface area contributed by atoms with E-state index in [-0.39, 0.29) is 0 Å². The molecule has 0 amide bonds. The molecule has 2 heterocycles. The SMILES string of the molecule is C=C/C=C(\C=C/C)c1cc(-c2ccc3c(c2)c2cc(-c4ccc(C=C)cc4)ccc2n3-c2ccc(C)cc2)nc(C(/C=C\C)=C/C)n1.CC. The van der Waals surface area contributed by atoms with Crippen molar-refractivity contribution in [3.63, 3.8) is 0 Å². The Morgan fingerprint density at radius 3 is 1.84 bits per heavy atom. The molecule has 0 saturated heterocycles. The fraction of sp³-hybridized carbons (Fsp3) is 0.130. The number of nitrogens with zero attached hydrogens (tertiary/aromatic N) is 3. The molecule has 0 fully saturated rings. The molecule has 0 spiro atoms. The van der Waals surface area contributed by atoms with Crippen LogP contribution in [-0.2, 0) is 0 Å². The van der Waals surface area contributed by atoms with Crippen molar-refractivity contribution in [2.24, 2.45) is 0 Å². The number of hydrogen-bond acceptors (Lipinski definition) is 2. The van der Waals surface area contributed by atoms with Crippen molar-refractivity contribution in [2.45, 2.75) is 41.5 Å². The lowest BCUT2D eigenvalue weighted by atomic mass is 10.00. The molecule has 0 aliphatic rings. The zero-order valence-electron chi connectivity index (χ0n) is 29.5. The Morgan fingerprint density at radius 2 is 1.24 bits per heavy atom. The molecule has 0 unspecified atom stereocenters. The lowest BCUT2D eigenvalue weighted by Crippen LogP contribution is -2.00. The predicted octanol–water partition coefficient (Wildman–Crippen LogP) is 13.0. The number of rotatable bonds is 9. The highest BCUT2D eigenvalue weighted by Gasteiger charge is 2.17. The molecule has 0 saturated carbocycles. The summed E-state index contributed by atoms with van der Waals surface area (Å²) in [6, 6.07) is 32.8. The van der Waals surface area contributed by atoms with E-state index in [4.69, 9.17) is 9.97 Å². The number of fused-ring (bicyclic) bond motifs is 3. The van der Waals surface area contributed by atoms with Gasteiger partial charge in [0, 0.05) is 27.6 Å². The summed E-state index contributed by atoms with van der Waals surface area (Å²) in [5, 5.41) is 2.35. The van der Waals surface area contributed by atoms with Crippen LogP contribution in [0.2, 0.25) is 0 Å². The molecule has 0 N–H and O–H groups in total. The molecule has 3 nitrogen and oxygen atoms in total. The first kappa shape index (κ1) is 34.5. The van der Waals surface area contributed by atoms with E-state index < -0.39 is 0 Å². The van der Waals surface area contributed by atoms with Crippen molar-refractivity contribution in [2.75, 3.05) is 0 Å². The second-order valence-electron chi connectivity index (χ2n) is 11.5. The molecule has 0 atom stereocenters. The first-order valence-electron chi connectivity index (χ1n) is 17.0. The maximum absolute atomic E-state index is 5.12.